The van der Waals surface area contributed by atoms with Gasteiger partial charge in [-0.1, -0.05) is 13.0 Å². The van der Waals surface area contributed by atoms with E-state index in [1.807, 2.05) is 18.2 Å². The lowest BCUT2D eigenvalue weighted by atomic mass is 10.3. The highest BCUT2D eigenvalue weighted by Gasteiger charge is 2.26. The molecule has 1 fully saturated rings. The fourth-order valence-electron chi connectivity index (χ4n) is 2.47. The summed E-state index contributed by atoms with van der Waals surface area (Å²) >= 11 is 0. The van der Waals surface area contributed by atoms with Gasteiger partial charge in [0.2, 0.25) is 15.9 Å². The summed E-state index contributed by atoms with van der Waals surface area (Å²) in [6, 6.07) is 5.72. The molecule has 0 bridgehead atoms. The van der Waals surface area contributed by atoms with Crippen LogP contribution in [0.2, 0.25) is 0 Å². The summed E-state index contributed by atoms with van der Waals surface area (Å²) in [6.45, 7) is 4.40. The summed E-state index contributed by atoms with van der Waals surface area (Å²) in [4.78, 5) is 17.5. The molecule has 0 aliphatic carbocycles. The maximum absolute atomic E-state index is 12.3. The lowest BCUT2D eigenvalue weighted by Crippen LogP contribution is -2.49. The van der Waals surface area contributed by atoms with Crippen molar-refractivity contribution in [2.75, 3.05) is 43.4 Å². The van der Waals surface area contributed by atoms with Crippen LogP contribution in [0.25, 0.3) is 0 Å². The van der Waals surface area contributed by atoms with Crippen molar-refractivity contribution in [1.29, 1.82) is 0 Å². The Morgan fingerprint density at radius 3 is 2.61 bits per heavy atom. The second kappa shape index (κ2) is 8.26. The van der Waals surface area contributed by atoms with Crippen molar-refractivity contribution >= 4 is 21.7 Å². The van der Waals surface area contributed by atoms with Crippen LogP contribution in [0.15, 0.2) is 24.4 Å². The minimum Gasteiger partial charge on any atom is -0.356 e. The van der Waals surface area contributed by atoms with E-state index in [-0.39, 0.29) is 11.7 Å². The highest BCUT2D eigenvalue weighted by atomic mass is 32.2. The highest BCUT2D eigenvalue weighted by molar-refractivity contribution is 7.89. The molecule has 1 N–H and O–H groups in total. The molecule has 0 atom stereocenters. The quantitative estimate of drug-likeness (QED) is 0.729. The molecule has 0 radical (unpaired) electrons. The molecule has 0 saturated carbocycles. The molecule has 1 amide bonds. The second-order valence-corrected chi connectivity index (χ2v) is 7.54. The van der Waals surface area contributed by atoms with E-state index in [4.69, 9.17) is 0 Å². The predicted octanol–water partition coefficient (Wildman–Crippen LogP) is 0.450. The van der Waals surface area contributed by atoms with Gasteiger partial charge >= 0.3 is 0 Å². The van der Waals surface area contributed by atoms with Gasteiger partial charge in [0.15, 0.2) is 0 Å². The number of pyridine rings is 1. The minimum absolute atomic E-state index is 0.0497. The van der Waals surface area contributed by atoms with Gasteiger partial charge < -0.3 is 10.2 Å². The molecule has 23 heavy (non-hydrogen) atoms. The van der Waals surface area contributed by atoms with Crippen molar-refractivity contribution in [3.05, 3.63) is 24.4 Å². The first kappa shape index (κ1) is 17.7. The third kappa shape index (κ3) is 5.18. The first-order chi connectivity index (χ1) is 11.0. The average molecular weight is 340 g/mol. The van der Waals surface area contributed by atoms with Gasteiger partial charge in [-0.05, 0) is 18.6 Å². The number of hydrogen-bond acceptors (Lipinski definition) is 5. The summed E-state index contributed by atoms with van der Waals surface area (Å²) in [5.41, 5.74) is 0. The van der Waals surface area contributed by atoms with E-state index >= 15 is 0 Å². The Morgan fingerprint density at radius 2 is 2.00 bits per heavy atom. The standard InChI is InChI=1S/C15H24N4O3S/c1-2-15(20)17-8-5-13-23(21,22)19-11-9-18(10-12-19)14-6-3-4-7-16-14/h3-4,6-7H,2,5,8-13H2,1H3,(H,17,20). The number of amides is 1. The molecule has 0 unspecified atom stereocenters. The Bertz CT molecular complexity index is 598. The summed E-state index contributed by atoms with van der Waals surface area (Å²) in [7, 11) is -3.26. The van der Waals surface area contributed by atoms with E-state index in [1.165, 1.54) is 4.31 Å². The summed E-state index contributed by atoms with van der Waals surface area (Å²) < 4.78 is 26.2. The summed E-state index contributed by atoms with van der Waals surface area (Å²) in [5, 5.41) is 2.70. The minimum atomic E-state index is -3.26. The number of nitrogens with zero attached hydrogens (tertiary/aromatic N) is 3. The number of hydrogen-bond donors (Lipinski definition) is 1. The van der Waals surface area contributed by atoms with Crippen LogP contribution in [0, 0.1) is 0 Å². The Kier molecular flexibility index (Phi) is 6.35. The molecule has 1 aliphatic heterocycles. The van der Waals surface area contributed by atoms with Crippen LogP contribution >= 0.6 is 0 Å². The van der Waals surface area contributed by atoms with Crippen LogP contribution < -0.4 is 10.2 Å². The molecule has 2 heterocycles. The zero-order valence-corrected chi connectivity index (χ0v) is 14.3. The fraction of sp³-hybridized carbons (Fsp3) is 0.600. The van der Waals surface area contributed by atoms with Crippen LogP contribution in [0.5, 0.6) is 0 Å². The number of carbonyl (C=O) groups excluding carboxylic acids is 1. The molecule has 1 aromatic rings. The number of nitrogens with one attached hydrogen (secondary N) is 1. The maximum Gasteiger partial charge on any atom is 0.219 e. The SMILES string of the molecule is CCC(=O)NCCCS(=O)(=O)N1CCN(c2ccccn2)CC1. The van der Waals surface area contributed by atoms with E-state index in [0.29, 0.717) is 45.6 Å². The largest absolute Gasteiger partial charge is 0.356 e. The highest BCUT2D eigenvalue weighted by Crippen LogP contribution is 2.15. The molecular weight excluding hydrogens is 316 g/mol. The normalized spacial score (nSPS) is 16.3. The number of rotatable bonds is 7. The number of anilines is 1. The Balaban J connectivity index is 1.78. The topological polar surface area (TPSA) is 82.6 Å². The Hall–Kier alpha value is -1.67. The van der Waals surface area contributed by atoms with Crippen molar-refractivity contribution in [2.45, 2.75) is 19.8 Å². The molecule has 8 heteroatoms. The average Bonchev–Trinajstić information content (AvgIpc) is 2.59. The third-order valence-corrected chi connectivity index (χ3v) is 5.78. The van der Waals surface area contributed by atoms with Gasteiger partial charge in [-0.2, -0.15) is 4.31 Å². The van der Waals surface area contributed by atoms with Crippen molar-refractivity contribution in [2.24, 2.45) is 0 Å². The zero-order valence-electron chi connectivity index (χ0n) is 13.4. The molecule has 1 aliphatic rings. The van der Waals surface area contributed by atoms with Crippen molar-refractivity contribution in [1.82, 2.24) is 14.6 Å². The molecular formula is C15H24N4O3S. The van der Waals surface area contributed by atoms with Crippen LogP contribution in [-0.2, 0) is 14.8 Å². The number of sulfonamides is 1. The van der Waals surface area contributed by atoms with Crippen molar-refractivity contribution in [3.8, 4) is 0 Å². The summed E-state index contributed by atoms with van der Waals surface area (Å²) in [5.74, 6) is 0.902. The first-order valence-corrected chi connectivity index (χ1v) is 9.54. The number of carbonyl (C=O) groups is 1. The van der Waals surface area contributed by atoms with Crippen LogP contribution in [0.1, 0.15) is 19.8 Å². The number of aromatic nitrogens is 1. The van der Waals surface area contributed by atoms with Gasteiger partial charge in [0.1, 0.15) is 5.82 Å². The van der Waals surface area contributed by atoms with Gasteiger partial charge in [0.05, 0.1) is 5.75 Å². The molecule has 128 valence electrons. The van der Waals surface area contributed by atoms with Crippen molar-refractivity contribution in [3.63, 3.8) is 0 Å². The molecule has 2 rings (SSSR count). The first-order valence-electron chi connectivity index (χ1n) is 7.93. The van der Waals surface area contributed by atoms with Gasteiger partial charge in [-0.15, -0.1) is 0 Å². The molecule has 1 saturated heterocycles. The van der Waals surface area contributed by atoms with E-state index in [2.05, 4.69) is 15.2 Å². The van der Waals surface area contributed by atoms with Crippen molar-refractivity contribution < 1.29 is 13.2 Å². The van der Waals surface area contributed by atoms with E-state index in [1.54, 1.807) is 13.1 Å². The molecule has 0 spiro atoms. The van der Waals surface area contributed by atoms with Gasteiger partial charge in [0, 0.05) is 45.3 Å². The third-order valence-electron chi connectivity index (χ3n) is 3.83. The monoisotopic (exact) mass is 340 g/mol. The lowest BCUT2D eigenvalue weighted by Gasteiger charge is -2.34. The van der Waals surface area contributed by atoms with Crippen LogP contribution in [0.4, 0.5) is 5.82 Å². The molecule has 0 aromatic carbocycles. The second-order valence-electron chi connectivity index (χ2n) is 5.45. The predicted molar refractivity (Wildman–Crippen MR) is 89.7 cm³/mol. The van der Waals surface area contributed by atoms with Gasteiger partial charge in [-0.25, -0.2) is 13.4 Å². The van der Waals surface area contributed by atoms with Gasteiger partial charge in [-0.3, -0.25) is 4.79 Å². The Labute approximate surface area is 137 Å². The van der Waals surface area contributed by atoms with Crippen LogP contribution in [-0.4, -0.2) is 62.1 Å². The fourth-order valence-corrected chi connectivity index (χ4v) is 3.96. The van der Waals surface area contributed by atoms with Gasteiger partial charge in [0.25, 0.3) is 0 Å². The van der Waals surface area contributed by atoms with E-state index in [9.17, 15) is 13.2 Å². The zero-order chi connectivity index (χ0) is 16.7. The maximum atomic E-state index is 12.3. The summed E-state index contributed by atoms with van der Waals surface area (Å²) in [6.07, 6.45) is 2.60. The molecule has 1 aromatic heterocycles. The van der Waals surface area contributed by atoms with E-state index in [0.717, 1.165) is 5.82 Å². The Morgan fingerprint density at radius 1 is 1.26 bits per heavy atom. The van der Waals surface area contributed by atoms with Crippen LogP contribution in [0.3, 0.4) is 0 Å². The number of piperazine rings is 1. The van der Waals surface area contributed by atoms with E-state index < -0.39 is 10.0 Å². The smallest absolute Gasteiger partial charge is 0.219 e. The lowest BCUT2D eigenvalue weighted by molar-refractivity contribution is -0.120. The molecule has 7 nitrogen and oxygen atoms in total.